The molecule has 76 valence electrons. The zero-order valence-electron chi connectivity index (χ0n) is 6.90. The van der Waals surface area contributed by atoms with Gasteiger partial charge in [-0.1, -0.05) is 6.92 Å². The molecule has 0 saturated carbocycles. The summed E-state index contributed by atoms with van der Waals surface area (Å²) in [5.74, 6) is 0. The Kier molecular flexibility index (Phi) is 5.92. The van der Waals surface area contributed by atoms with E-state index in [4.69, 9.17) is 5.11 Å². The number of hydrogen-bond acceptors (Lipinski definition) is 2. The molecule has 0 aromatic rings. The second kappa shape index (κ2) is 4.89. The van der Waals surface area contributed by atoms with Gasteiger partial charge in [-0.15, -0.1) is 12.4 Å². The first-order chi connectivity index (χ1) is 4.81. The monoisotopic (exact) mass is 207 g/mol. The van der Waals surface area contributed by atoms with E-state index in [1.54, 1.807) is 6.92 Å². The molecule has 0 heterocycles. The second-order valence-electron chi connectivity index (χ2n) is 2.55. The molecule has 0 bridgehead atoms. The lowest BCUT2D eigenvalue weighted by Gasteiger charge is -2.26. The lowest BCUT2D eigenvalue weighted by atomic mass is 10.1. The highest BCUT2D eigenvalue weighted by Gasteiger charge is 2.49. The summed E-state index contributed by atoms with van der Waals surface area (Å²) in [5.41, 5.74) is -2.62. The van der Waals surface area contributed by atoms with Crippen LogP contribution in [0.2, 0.25) is 0 Å². The SMILES string of the molecule is CCNCC(C)(O)C(F)(F)F.Cl. The normalized spacial score (nSPS) is 16.5. The summed E-state index contributed by atoms with van der Waals surface area (Å²) in [6.45, 7) is 2.36. The van der Waals surface area contributed by atoms with Crippen molar-refractivity contribution in [3.8, 4) is 0 Å². The molecule has 1 atom stereocenters. The summed E-state index contributed by atoms with van der Waals surface area (Å²) < 4.78 is 35.6. The fraction of sp³-hybridized carbons (Fsp3) is 1.00. The molecule has 0 aromatic heterocycles. The smallest absolute Gasteiger partial charge is 0.380 e. The molecule has 1 unspecified atom stereocenters. The van der Waals surface area contributed by atoms with Crippen LogP contribution in [0, 0.1) is 0 Å². The average molecular weight is 208 g/mol. The Morgan fingerprint density at radius 1 is 1.33 bits per heavy atom. The molecule has 0 aliphatic rings. The standard InChI is InChI=1S/C6H12F3NO.ClH/c1-3-10-4-5(2,11)6(7,8)9;/h10-11H,3-4H2,1-2H3;1H. The van der Waals surface area contributed by atoms with Crippen molar-refractivity contribution in [3.63, 3.8) is 0 Å². The highest BCUT2D eigenvalue weighted by Crippen LogP contribution is 2.28. The first kappa shape index (κ1) is 14.5. The third-order valence-corrected chi connectivity index (χ3v) is 1.33. The van der Waals surface area contributed by atoms with Crippen LogP contribution >= 0.6 is 12.4 Å². The van der Waals surface area contributed by atoms with Crippen molar-refractivity contribution >= 4 is 12.4 Å². The van der Waals surface area contributed by atoms with Crippen molar-refractivity contribution in [1.29, 1.82) is 0 Å². The van der Waals surface area contributed by atoms with Gasteiger partial charge in [-0.2, -0.15) is 13.2 Å². The molecule has 0 rings (SSSR count). The predicted molar refractivity (Wildman–Crippen MR) is 42.5 cm³/mol. The summed E-state index contributed by atoms with van der Waals surface area (Å²) >= 11 is 0. The zero-order valence-corrected chi connectivity index (χ0v) is 7.72. The van der Waals surface area contributed by atoms with Gasteiger partial charge in [0.2, 0.25) is 0 Å². The third-order valence-electron chi connectivity index (χ3n) is 1.33. The quantitative estimate of drug-likeness (QED) is 0.732. The molecule has 0 saturated heterocycles. The minimum absolute atomic E-state index is 0. The minimum Gasteiger partial charge on any atom is -0.380 e. The van der Waals surface area contributed by atoms with Crippen LogP contribution in [-0.4, -0.2) is 30.0 Å². The van der Waals surface area contributed by atoms with E-state index in [9.17, 15) is 13.2 Å². The summed E-state index contributed by atoms with van der Waals surface area (Å²) in [7, 11) is 0. The van der Waals surface area contributed by atoms with Crippen LogP contribution in [0.3, 0.4) is 0 Å². The van der Waals surface area contributed by atoms with E-state index in [2.05, 4.69) is 5.32 Å². The van der Waals surface area contributed by atoms with Gasteiger partial charge in [0.1, 0.15) is 0 Å². The molecule has 0 radical (unpaired) electrons. The van der Waals surface area contributed by atoms with Crippen LogP contribution in [0.15, 0.2) is 0 Å². The first-order valence-electron chi connectivity index (χ1n) is 3.31. The van der Waals surface area contributed by atoms with Gasteiger partial charge >= 0.3 is 6.18 Å². The maximum atomic E-state index is 11.9. The number of nitrogens with one attached hydrogen (secondary N) is 1. The highest BCUT2D eigenvalue weighted by molar-refractivity contribution is 5.85. The number of hydrogen-bond donors (Lipinski definition) is 2. The molecule has 0 spiro atoms. The molecule has 0 aliphatic heterocycles. The van der Waals surface area contributed by atoms with Crippen molar-refractivity contribution in [2.24, 2.45) is 0 Å². The maximum Gasteiger partial charge on any atom is 0.418 e. The van der Waals surface area contributed by atoms with Crippen molar-refractivity contribution < 1.29 is 18.3 Å². The summed E-state index contributed by atoms with van der Waals surface area (Å²) in [4.78, 5) is 0. The maximum absolute atomic E-state index is 11.9. The lowest BCUT2D eigenvalue weighted by Crippen LogP contribution is -2.49. The van der Waals surface area contributed by atoms with Gasteiger partial charge < -0.3 is 10.4 Å². The average Bonchev–Trinajstić information content (AvgIpc) is 1.81. The van der Waals surface area contributed by atoms with E-state index in [1.165, 1.54) is 0 Å². The van der Waals surface area contributed by atoms with E-state index in [-0.39, 0.29) is 12.4 Å². The van der Waals surface area contributed by atoms with E-state index in [0.29, 0.717) is 6.54 Å². The number of halogens is 4. The van der Waals surface area contributed by atoms with Crippen molar-refractivity contribution in [2.45, 2.75) is 25.6 Å². The Morgan fingerprint density at radius 3 is 2.00 bits per heavy atom. The van der Waals surface area contributed by atoms with Crippen LogP contribution in [-0.2, 0) is 0 Å². The fourth-order valence-electron chi connectivity index (χ4n) is 0.469. The topological polar surface area (TPSA) is 32.3 Å². The fourth-order valence-corrected chi connectivity index (χ4v) is 0.469. The second-order valence-corrected chi connectivity index (χ2v) is 2.55. The molecular weight excluding hydrogens is 195 g/mol. The number of likely N-dealkylation sites (N-methyl/N-ethyl adjacent to an activating group) is 1. The van der Waals surface area contributed by atoms with E-state index in [1.807, 2.05) is 0 Å². The summed E-state index contributed by atoms with van der Waals surface area (Å²) in [6.07, 6.45) is -4.56. The van der Waals surface area contributed by atoms with E-state index >= 15 is 0 Å². The van der Waals surface area contributed by atoms with Crippen LogP contribution in [0.1, 0.15) is 13.8 Å². The molecule has 2 N–H and O–H groups in total. The molecule has 0 aliphatic carbocycles. The molecule has 6 heteroatoms. The zero-order chi connectivity index (χ0) is 9.12. The molecule has 2 nitrogen and oxygen atoms in total. The van der Waals surface area contributed by atoms with E-state index < -0.39 is 18.3 Å². The van der Waals surface area contributed by atoms with Gasteiger partial charge in [0.25, 0.3) is 0 Å². The summed E-state index contributed by atoms with van der Waals surface area (Å²) in [6, 6.07) is 0. The Bertz CT molecular complexity index is 126. The number of aliphatic hydroxyl groups is 1. The Hall–Kier alpha value is -0.0000000000000000555. The summed E-state index contributed by atoms with van der Waals surface area (Å²) in [5, 5.41) is 11.2. The Morgan fingerprint density at radius 2 is 1.75 bits per heavy atom. The molecule has 0 amide bonds. The number of rotatable bonds is 3. The van der Waals surface area contributed by atoms with Crippen molar-refractivity contribution in [3.05, 3.63) is 0 Å². The Labute approximate surface area is 75.6 Å². The molecule has 0 fully saturated rings. The number of alkyl halides is 3. The minimum atomic E-state index is -4.56. The lowest BCUT2D eigenvalue weighted by molar-refractivity contribution is -0.250. The third kappa shape index (κ3) is 4.13. The van der Waals surface area contributed by atoms with Crippen LogP contribution in [0.25, 0.3) is 0 Å². The first-order valence-corrected chi connectivity index (χ1v) is 3.31. The Balaban J connectivity index is 0. The molecule has 0 aromatic carbocycles. The molecule has 12 heavy (non-hydrogen) atoms. The van der Waals surface area contributed by atoms with Crippen LogP contribution in [0.4, 0.5) is 13.2 Å². The molecular formula is C6H13ClF3NO. The van der Waals surface area contributed by atoms with Crippen molar-refractivity contribution in [2.75, 3.05) is 13.1 Å². The predicted octanol–water partition coefficient (Wildman–Crippen LogP) is 1.33. The van der Waals surface area contributed by atoms with Gasteiger partial charge in [0, 0.05) is 6.54 Å². The van der Waals surface area contributed by atoms with E-state index in [0.717, 1.165) is 6.92 Å². The largest absolute Gasteiger partial charge is 0.418 e. The van der Waals surface area contributed by atoms with Gasteiger partial charge in [-0.25, -0.2) is 0 Å². The van der Waals surface area contributed by atoms with Gasteiger partial charge in [0.15, 0.2) is 5.60 Å². The van der Waals surface area contributed by atoms with Crippen LogP contribution < -0.4 is 5.32 Å². The van der Waals surface area contributed by atoms with Gasteiger partial charge in [-0.3, -0.25) is 0 Å². The van der Waals surface area contributed by atoms with Crippen LogP contribution in [0.5, 0.6) is 0 Å². The van der Waals surface area contributed by atoms with Gasteiger partial charge in [0.05, 0.1) is 0 Å². The van der Waals surface area contributed by atoms with Gasteiger partial charge in [-0.05, 0) is 13.5 Å². The van der Waals surface area contributed by atoms with Crippen molar-refractivity contribution in [1.82, 2.24) is 5.32 Å². The highest BCUT2D eigenvalue weighted by atomic mass is 35.5.